The van der Waals surface area contributed by atoms with Crippen LogP contribution in [0.25, 0.3) is 0 Å². The number of nitrogens with one attached hydrogen (secondary N) is 3. The maximum atomic E-state index is 11.2. The molecule has 1 aromatic heterocycles. The number of ether oxygens (including phenoxy) is 1. The number of methoxy groups -OCH3 is 1. The summed E-state index contributed by atoms with van der Waals surface area (Å²) in [5.74, 6) is -0.251. The standard InChI is InChI=1S/C12H17N3O3/c1-18-12(17)10-4-2-8(14-10)6-13-7-9-3-5-11(16)15-9/h2,4,9,13-14H,3,5-7H2,1H3,(H,15,16). The lowest BCUT2D eigenvalue weighted by atomic mass is 10.2. The number of carbonyl (C=O) groups excluding carboxylic acids is 2. The van der Waals surface area contributed by atoms with E-state index in [0.29, 0.717) is 18.7 Å². The van der Waals surface area contributed by atoms with Gasteiger partial charge in [0.15, 0.2) is 0 Å². The quantitative estimate of drug-likeness (QED) is 0.651. The number of hydrogen-bond donors (Lipinski definition) is 3. The van der Waals surface area contributed by atoms with E-state index in [1.165, 1.54) is 7.11 Å². The fourth-order valence-electron chi connectivity index (χ4n) is 1.98. The van der Waals surface area contributed by atoms with Crippen molar-refractivity contribution in [3.05, 3.63) is 23.5 Å². The second-order valence-corrected chi connectivity index (χ2v) is 4.32. The fraction of sp³-hybridized carbons (Fsp3) is 0.500. The molecule has 1 fully saturated rings. The minimum absolute atomic E-state index is 0.120. The van der Waals surface area contributed by atoms with E-state index < -0.39 is 0 Å². The van der Waals surface area contributed by atoms with Gasteiger partial charge in [-0.25, -0.2) is 4.79 Å². The molecule has 18 heavy (non-hydrogen) atoms. The summed E-state index contributed by atoms with van der Waals surface area (Å²) in [5.41, 5.74) is 1.36. The van der Waals surface area contributed by atoms with Gasteiger partial charge in [0.25, 0.3) is 0 Å². The molecule has 0 spiro atoms. The average Bonchev–Trinajstić information content (AvgIpc) is 2.98. The van der Waals surface area contributed by atoms with E-state index in [2.05, 4.69) is 20.4 Å². The smallest absolute Gasteiger partial charge is 0.354 e. The zero-order chi connectivity index (χ0) is 13.0. The predicted molar refractivity (Wildman–Crippen MR) is 65.0 cm³/mol. The minimum atomic E-state index is -0.371. The molecule has 1 amide bonds. The molecule has 1 aliphatic heterocycles. The maximum Gasteiger partial charge on any atom is 0.354 e. The van der Waals surface area contributed by atoms with Crippen LogP contribution >= 0.6 is 0 Å². The van der Waals surface area contributed by atoms with Gasteiger partial charge in [-0.05, 0) is 18.6 Å². The summed E-state index contributed by atoms with van der Waals surface area (Å²) >= 11 is 0. The summed E-state index contributed by atoms with van der Waals surface area (Å²) in [7, 11) is 1.35. The highest BCUT2D eigenvalue weighted by molar-refractivity contribution is 5.87. The third-order valence-electron chi connectivity index (χ3n) is 2.94. The molecule has 1 aromatic rings. The van der Waals surface area contributed by atoms with Crippen molar-refractivity contribution < 1.29 is 14.3 Å². The van der Waals surface area contributed by atoms with Crippen LogP contribution < -0.4 is 10.6 Å². The van der Waals surface area contributed by atoms with Gasteiger partial charge in [-0.15, -0.1) is 0 Å². The second kappa shape index (κ2) is 5.68. The van der Waals surface area contributed by atoms with Crippen molar-refractivity contribution in [1.82, 2.24) is 15.6 Å². The van der Waals surface area contributed by atoms with Gasteiger partial charge in [0, 0.05) is 31.2 Å². The lowest BCUT2D eigenvalue weighted by molar-refractivity contribution is -0.119. The van der Waals surface area contributed by atoms with E-state index in [0.717, 1.165) is 18.7 Å². The Morgan fingerprint density at radius 2 is 2.39 bits per heavy atom. The molecule has 3 N–H and O–H groups in total. The van der Waals surface area contributed by atoms with Crippen molar-refractivity contribution in [3.8, 4) is 0 Å². The van der Waals surface area contributed by atoms with Crippen molar-refractivity contribution in [2.24, 2.45) is 0 Å². The first-order valence-electron chi connectivity index (χ1n) is 5.95. The number of H-pyrrole nitrogens is 1. The molecule has 0 radical (unpaired) electrons. The molecule has 0 aliphatic carbocycles. The van der Waals surface area contributed by atoms with Gasteiger partial charge in [0.2, 0.25) is 5.91 Å². The largest absolute Gasteiger partial charge is 0.464 e. The molecule has 2 heterocycles. The third-order valence-corrected chi connectivity index (χ3v) is 2.94. The number of hydrogen-bond acceptors (Lipinski definition) is 4. The minimum Gasteiger partial charge on any atom is -0.464 e. The van der Waals surface area contributed by atoms with Crippen LogP contribution in [0.4, 0.5) is 0 Å². The fourth-order valence-corrected chi connectivity index (χ4v) is 1.98. The zero-order valence-corrected chi connectivity index (χ0v) is 10.3. The third kappa shape index (κ3) is 3.10. The summed E-state index contributed by atoms with van der Waals surface area (Å²) in [6.45, 7) is 1.36. The summed E-state index contributed by atoms with van der Waals surface area (Å²) in [5, 5.41) is 6.12. The second-order valence-electron chi connectivity index (χ2n) is 4.32. The number of amides is 1. The molecule has 0 saturated carbocycles. The molecular formula is C12H17N3O3. The monoisotopic (exact) mass is 251 g/mol. The Balaban J connectivity index is 1.75. The van der Waals surface area contributed by atoms with Gasteiger partial charge in [0.1, 0.15) is 5.69 Å². The van der Waals surface area contributed by atoms with Crippen LogP contribution in [-0.2, 0) is 16.1 Å². The van der Waals surface area contributed by atoms with Gasteiger partial charge in [-0.3, -0.25) is 4.79 Å². The number of aromatic nitrogens is 1. The summed E-state index contributed by atoms with van der Waals surface area (Å²) in [4.78, 5) is 25.2. The van der Waals surface area contributed by atoms with Crippen molar-refractivity contribution in [2.75, 3.05) is 13.7 Å². The Morgan fingerprint density at radius 1 is 1.56 bits per heavy atom. The molecule has 1 unspecified atom stereocenters. The Kier molecular flexibility index (Phi) is 3.99. The number of aromatic amines is 1. The van der Waals surface area contributed by atoms with Crippen molar-refractivity contribution in [2.45, 2.75) is 25.4 Å². The van der Waals surface area contributed by atoms with Crippen LogP contribution in [0, 0.1) is 0 Å². The lowest BCUT2D eigenvalue weighted by Crippen LogP contribution is -2.35. The summed E-state index contributed by atoms with van der Waals surface area (Å²) in [6, 6.07) is 3.75. The van der Waals surface area contributed by atoms with Gasteiger partial charge in [-0.2, -0.15) is 0 Å². The first-order chi connectivity index (χ1) is 8.69. The first kappa shape index (κ1) is 12.6. The zero-order valence-electron chi connectivity index (χ0n) is 10.3. The highest BCUT2D eigenvalue weighted by Gasteiger charge is 2.19. The van der Waals surface area contributed by atoms with E-state index in [4.69, 9.17) is 0 Å². The average molecular weight is 251 g/mol. The van der Waals surface area contributed by atoms with Crippen molar-refractivity contribution >= 4 is 11.9 Å². The van der Waals surface area contributed by atoms with Crippen LogP contribution in [0.5, 0.6) is 0 Å². The Morgan fingerprint density at radius 3 is 3.06 bits per heavy atom. The van der Waals surface area contributed by atoms with E-state index in [1.807, 2.05) is 6.07 Å². The van der Waals surface area contributed by atoms with Crippen molar-refractivity contribution in [1.29, 1.82) is 0 Å². The summed E-state index contributed by atoms with van der Waals surface area (Å²) in [6.07, 6.45) is 1.49. The predicted octanol–water partition coefficient (Wildman–Crippen LogP) is 0.170. The molecule has 0 aromatic carbocycles. The van der Waals surface area contributed by atoms with Crippen LogP contribution in [0.1, 0.15) is 29.0 Å². The summed E-state index contributed by atoms with van der Waals surface area (Å²) < 4.78 is 4.61. The van der Waals surface area contributed by atoms with Gasteiger partial charge in [0.05, 0.1) is 7.11 Å². The van der Waals surface area contributed by atoms with E-state index in [9.17, 15) is 9.59 Å². The van der Waals surface area contributed by atoms with E-state index >= 15 is 0 Å². The Labute approximate surface area is 105 Å². The van der Waals surface area contributed by atoms with E-state index in [-0.39, 0.29) is 17.9 Å². The van der Waals surface area contributed by atoms with Crippen LogP contribution in [0.15, 0.2) is 12.1 Å². The molecule has 1 aliphatic rings. The molecular weight excluding hydrogens is 234 g/mol. The Hall–Kier alpha value is -1.82. The molecule has 98 valence electrons. The number of rotatable bonds is 5. The van der Waals surface area contributed by atoms with Gasteiger partial charge in [-0.1, -0.05) is 0 Å². The van der Waals surface area contributed by atoms with Gasteiger partial charge >= 0.3 is 5.97 Å². The normalized spacial score (nSPS) is 18.7. The SMILES string of the molecule is COC(=O)c1ccc(CNCC2CCC(=O)N2)[nH]1. The number of carbonyl (C=O) groups is 2. The number of esters is 1. The highest BCUT2D eigenvalue weighted by Crippen LogP contribution is 2.06. The topological polar surface area (TPSA) is 83.2 Å². The van der Waals surface area contributed by atoms with E-state index in [1.54, 1.807) is 6.07 Å². The molecule has 2 rings (SSSR count). The van der Waals surface area contributed by atoms with Crippen molar-refractivity contribution in [3.63, 3.8) is 0 Å². The van der Waals surface area contributed by atoms with Crippen LogP contribution in [-0.4, -0.2) is 36.6 Å². The Bertz CT molecular complexity index is 442. The van der Waals surface area contributed by atoms with Gasteiger partial charge < -0.3 is 20.4 Å². The lowest BCUT2D eigenvalue weighted by Gasteiger charge is -2.10. The highest BCUT2D eigenvalue weighted by atomic mass is 16.5. The van der Waals surface area contributed by atoms with Crippen LogP contribution in [0.3, 0.4) is 0 Å². The maximum absolute atomic E-state index is 11.2. The molecule has 1 saturated heterocycles. The molecule has 1 atom stereocenters. The molecule has 6 heteroatoms. The van der Waals surface area contributed by atoms with Crippen LogP contribution in [0.2, 0.25) is 0 Å². The first-order valence-corrected chi connectivity index (χ1v) is 5.95. The molecule has 6 nitrogen and oxygen atoms in total. The molecule has 0 bridgehead atoms.